The standard InChI is InChI=1S/C16H20F3N3O3S/c17-16(18,19)11-8-22(7-10(11)13(23)24)15(25)21-14-20-6-12(26-14)9-4-2-1-3-5-9/h6,9-11H,1-5,7-8H2,(H,23,24)(H,20,21,25)/t10-,11-/m1/s1. The molecule has 2 amide bonds. The van der Waals surface area contributed by atoms with Gasteiger partial charge in [-0.25, -0.2) is 9.78 Å². The summed E-state index contributed by atoms with van der Waals surface area (Å²) < 4.78 is 39.0. The smallest absolute Gasteiger partial charge is 0.394 e. The lowest BCUT2D eigenvalue weighted by Gasteiger charge is -2.19. The highest BCUT2D eigenvalue weighted by atomic mass is 32.1. The van der Waals surface area contributed by atoms with Crippen LogP contribution < -0.4 is 5.32 Å². The number of anilines is 1. The first-order valence-corrected chi connectivity index (χ1v) is 9.38. The van der Waals surface area contributed by atoms with Crippen molar-refractivity contribution in [3.8, 4) is 0 Å². The monoisotopic (exact) mass is 391 g/mol. The first kappa shape index (κ1) is 18.9. The van der Waals surface area contributed by atoms with Crippen LogP contribution in [0.1, 0.15) is 42.9 Å². The van der Waals surface area contributed by atoms with Crippen molar-refractivity contribution in [2.24, 2.45) is 11.8 Å². The molecule has 1 aliphatic heterocycles. The number of nitrogens with one attached hydrogen (secondary N) is 1. The Labute approximate surface area is 152 Å². The molecule has 1 aliphatic carbocycles. The number of carbonyl (C=O) groups is 2. The Hall–Kier alpha value is -1.84. The Balaban J connectivity index is 1.63. The molecule has 0 spiro atoms. The quantitative estimate of drug-likeness (QED) is 0.818. The molecule has 144 valence electrons. The van der Waals surface area contributed by atoms with Crippen molar-refractivity contribution in [2.45, 2.75) is 44.2 Å². The lowest BCUT2D eigenvalue weighted by Crippen LogP contribution is -2.35. The SMILES string of the molecule is O=C(O)[C@@H]1CN(C(=O)Nc2ncc(C3CCCCC3)s2)C[C@H]1C(F)(F)F. The van der Waals surface area contributed by atoms with Crippen molar-refractivity contribution in [2.75, 3.05) is 18.4 Å². The van der Waals surface area contributed by atoms with E-state index in [9.17, 15) is 22.8 Å². The molecule has 26 heavy (non-hydrogen) atoms. The number of carboxylic acids is 1. The minimum Gasteiger partial charge on any atom is -0.481 e. The molecular weight excluding hydrogens is 371 g/mol. The second-order valence-corrected chi connectivity index (χ2v) is 7.89. The van der Waals surface area contributed by atoms with Crippen LogP contribution in [0.3, 0.4) is 0 Å². The largest absolute Gasteiger partial charge is 0.481 e. The van der Waals surface area contributed by atoms with Crippen molar-refractivity contribution in [3.63, 3.8) is 0 Å². The minimum absolute atomic E-state index is 0.331. The predicted octanol–water partition coefficient (Wildman–Crippen LogP) is 3.92. The fourth-order valence-electron chi connectivity index (χ4n) is 3.64. The number of hydrogen-bond donors (Lipinski definition) is 2. The van der Waals surface area contributed by atoms with Gasteiger partial charge in [0.1, 0.15) is 0 Å². The molecule has 1 aromatic heterocycles. The number of thiazole rings is 1. The average molecular weight is 391 g/mol. The highest BCUT2D eigenvalue weighted by Crippen LogP contribution is 2.39. The van der Waals surface area contributed by atoms with Crippen molar-refractivity contribution < 1.29 is 27.9 Å². The van der Waals surface area contributed by atoms with E-state index in [1.54, 1.807) is 6.20 Å². The Bertz CT molecular complexity index is 673. The molecule has 3 rings (SSSR count). The Morgan fingerprint density at radius 1 is 1.23 bits per heavy atom. The summed E-state index contributed by atoms with van der Waals surface area (Å²) in [5.74, 6) is -4.82. The first-order valence-electron chi connectivity index (χ1n) is 8.57. The first-order chi connectivity index (χ1) is 12.3. The predicted molar refractivity (Wildman–Crippen MR) is 89.2 cm³/mol. The van der Waals surface area contributed by atoms with E-state index in [0.29, 0.717) is 11.0 Å². The van der Waals surface area contributed by atoms with E-state index in [-0.39, 0.29) is 0 Å². The Morgan fingerprint density at radius 3 is 2.50 bits per heavy atom. The molecule has 0 bridgehead atoms. The van der Waals surface area contributed by atoms with Gasteiger partial charge in [0.15, 0.2) is 5.13 Å². The second kappa shape index (κ2) is 7.42. The molecule has 1 saturated carbocycles. The molecule has 2 heterocycles. The van der Waals surface area contributed by atoms with Gasteiger partial charge in [-0.15, -0.1) is 11.3 Å². The number of urea groups is 1. The topological polar surface area (TPSA) is 82.5 Å². The van der Waals surface area contributed by atoms with Crippen molar-refractivity contribution in [1.82, 2.24) is 9.88 Å². The maximum Gasteiger partial charge on any atom is 0.394 e. The number of carboxylic acid groups (broad SMARTS) is 1. The number of likely N-dealkylation sites (tertiary alicyclic amines) is 1. The Morgan fingerprint density at radius 2 is 1.92 bits per heavy atom. The van der Waals surface area contributed by atoms with E-state index in [4.69, 9.17) is 5.11 Å². The number of nitrogens with zero attached hydrogens (tertiary/aromatic N) is 2. The Kier molecular flexibility index (Phi) is 5.40. The van der Waals surface area contributed by atoms with Crippen LogP contribution in [0.2, 0.25) is 0 Å². The van der Waals surface area contributed by atoms with Gasteiger partial charge in [-0.2, -0.15) is 13.2 Å². The molecule has 1 saturated heterocycles. The van der Waals surface area contributed by atoms with Gasteiger partial charge in [-0.1, -0.05) is 19.3 Å². The second-order valence-electron chi connectivity index (χ2n) is 6.83. The zero-order chi connectivity index (χ0) is 18.9. The number of aromatic nitrogens is 1. The number of aliphatic carboxylic acids is 1. The van der Waals surface area contributed by atoms with Gasteiger partial charge in [0.2, 0.25) is 0 Å². The molecular formula is C16H20F3N3O3S. The molecule has 2 atom stereocenters. The zero-order valence-corrected chi connectivity index (χ0v) is 14.8. The third-order valence-electron chi connectivity index (χ3n) is 5.09. The highest BCUT2D eigenvalue weighted by molar-refractivity contribution is 7.15. The van der Waals surface area contributed by atoms with Gasteiger partial charge in [-0.05, 0) is 18.8 Å². The van der Waals surface area contributed by atoms with Crippen LogP contribution in [0.15, 0.2) is 6.20 Å². The molecule has 10 heteroatoms. The molecule has 0 unspecified atom stereocenters. The van der Waals surface area contributed by atoms with Crippen LogP contribution in [0, 0.1) is 11.8 Å². The van der Waals surface area contributed by atoms with E-state index in [1.165, 1.54) is 17.8 Å². The third-order valence-corrected chi connectivity index (χ3v) is 6.16. The summed E-state index contributed by atoms with van der Waals surface area (Å²) in [5, 5.41) is 11.9. The van der Waals surface area contributed by atoms with E-state index < -0.39 is 43.1 Å². The van der Waals surface area contributed by atoms with Crippen LogP contribution in [0.5, 0.6) is 0 Å². The van der Waals surface area contributed by atoms with E-state index in [1.807, 2.05) is 0 Å². The lowest BCUT2D eigenvalue weighted by atomic mass is 9.89. The van der Waals surface area contributed by atoms with Crippen molar-refractivity contribution in [1.29, 1.82) is 0 Å². The summed E-state index contributed by atoms with van der Waals surface area (Å²) in [4.78, 5) is 29.5. The van der Waals surface area contributed by atoms with E-state index >= 15 is 0 Å². The highest BCUT2D eigenvalue weighted by Gasteiger charge is 2.53. The third kappa shape index (κ3) is 4.11. The number of alkyl halides is 3. The summed E-state index contributed by atoms with van der Waals surface area (Å²) in [6.45, 7) is -1.13. The molecule has 2 aliphatic rings. The molecule has 0 aromatic carbocycles. The average Bonchev–Trinajstić information content (AvgIpc) is 3.22. The summed E-state index contributed by atoms with van der Waals surface area (Å²) in [6.07, 6.45) is 2.75. The molecule has 2 fully saturated rings. The maximum absolute atomic E-state index is 13.0. The van der Waals surface area contributed by atoms with Gasteiger partial charge in [0, 0.05) is 24.2 Å². The number of carbonyl (C=O) groups excluding carboxylic acids is 1. The number of amides is 2. The number of rotatable bonds is 3. The van der Waals surface area contributed by atoms with Crippen LogP contribution >= 0.6 is 11.3 Å². The van der Waals surface area contributed by atoms with Crippen molar-refractivity contribution in [3.05, 3.63) is 11.1 Å². The molecule has 1 aromatic rings. The number of hydrogen-bond acceptors (Lipinski definition) is 4. The summed E-state index contributed by atoms with van der Waals surface area (Å²) >= 11 is 1.33. The van der Waals surface area contributed by atoms with Gasteiger partial charge in [-0.3, -0.25) is 10.1 Å². The van der Waals surface area contributed by atoms with Gasteiger partial charge in [0.05, 0.1) is 11.8 Å². The van der Waals surface area contributed by atoms with Gasteiger partial charge >= 0.3 is 18.2 Å². The van der Waals surface area contributed by atoms with Crippen LogP contribution in [0.25, 0.3) is 0 Å². The van der Waals surface area contributed by atoms with E-state index in [0.717, 1.165) is 35.5 Å². The van der Waals surface area contributed by atoms with Gasteiger partial charge in [0.25, 0.3) is 0 Å². The van der Waals surface area contributed by atoms with Crippen LogP contribution in [-0.2, 0) is 4.79 Å². The number of halogens is 3. The minimum atomic E-state index is -4.66. The molecule has 0 radical (unpaired) electrons. The lowest BCUT2D eigenvalue weighted by molar-refractivity contribution is -0.187. The fraction of sp³-hybridized carbons (Fsp3) is 0.688. The molecule has 6 nitrogen and oxygen atoms in total. The summed E-state index contributed by atoms with van der Waals surface area (Å²) in [5.41, 5.74) is 0. The van der Waals surface area contributed by atoms with Crippen molar-refractivity contribution >= 4 is 28.5 Å². The maximum atomic E-state index is 13.0. The van der Waals surface area contributed by atoms with Crippen LogP contribution in [0.4, 0.5) is 23.1 Å². The molecule has 2 N–H and O–H groups in total. The van der Waals surface area contributed by atoms with E-state index in [2.05, 4.69) is 10.3 Å². The fourth-order valence-corrected chi connectivity index (χ4v) is 4.62. The summed E-state index contributed by atoms with van der Waals surface area (Å²) in [7, 11) is 0. The van der Waals surface area contributed by atoms with Crippen LogP contribution in [-0.4, -0.2) is 46.3 Å². The zero-order valence-electron chi connectivity index (χ0n) is 14.0. The van der Waals surface area contributed by atoms with Gasteiger partial charge < -0.3 is 10.0 Å². The normalized spacial score (nSPS) is 24.7. The summed E-state index contributed by atoms with van der Waals surface area (Å²) in [6, 6.07) is -0.743.